The molecule has 4 rings (SSSR count). The first-order valence-electron chi connectivity index (χ1n) is 8.70. The van der Waals surface area contributed by atoms with Crippen LogP contribution in [0.1, 0.15) is 30.2 Å². The van der Waals surface area contributed by atoms with Gasteiger partial charge in [0.1, 0.15) is 11.9 Å². The number of imidazole rings is 1. The van der Waals surface area contributed by atoms with Crippen LogP contribution in [0.25, 0.3) is 11.2 Å². The largest absolute Gasteiger partial charge is 0.390 e. The number of nitrogens with one attached hydrogen (secondary N) is 1. The monoisotopic (exact) mass is 398 g/mol. The van der Waals surface area contributed by atoms with Crippen molar-refractivity contribution in [3.63, 3.8) is 0 Å². The number of Topliss-reactive ketones (excluding diaryl/α,β-unsaturated/α-hetero) is 1. The molecule has 1 fully saturated rings. The predicted octanol–water partition coefficient (Wildman–Crippen LogP) is 0.596. The summed E-state index contributed by atoms with van der Waals surface area (Å²) in [5.41, 5.74) is 0.999. The average Bonchev–Trinajstić information content (AvgIpc) is 3.40. The van der Waals surface area contributed by atoms with Crippen LogP contribution in [0.4, 0.5) is 5.82 Å². The van der Waals surface area contributed by atoms with Crippen molar-refractivity contribution in [1.82, 2.24) is 24.5 Å². The number of ketones is 1. The van der Waals surface area contributed by atoms with Crippen molar-refractivity contribution in [2.75, 3.05) is 12.4 Å². The minimum Gasteiger partial charge on any atom is -0.390 e. The van der Waals surface area contributed by atoms with E-state index in [0.29, 0.717) is 28.4 Å². The number of fused-ring (bicyclic) bond motifs is 1. The average molecular weight is 398 g/mol. The number of rotatable bonds is 3. The van der Waals surface area contributed by atoms with Gasteiger partial charge < -0.3 is 20.1 Å². The third-order valence-electron chi connectivity index (χ3n) is 4.90. The fraction of sp³-hybridized carbons (Fsp3) is 0.389. The molecule has 4 atom stereocenters. The van der Waals surface area contributed by atoms with Crippen LogP contribution in [-0.2, 0) is 4.79 Å². The Labute approximate surface area is 164 Å². The standard InChI is InChI=1S/C18H18N6O3S/c1-9(25)10-7-11(16(27)15(10)26)24-8-21-14-17(19-2)22-12(23-18(14)24)3-4-13-20-5-6-28-13/h5-6,8,10-11,15-16,26-27H,7H2,1-2H3,(H,19,22,23)/t10-,11-,15?,16+/m1/s1. The zero-order valence-electron chi connectivity index (χ0n) is 15.2. The normalized spacial score (nSPS) is 24.1. The Balaban J connectivity index is 1.78. The third-order valence-corrected chi connectivity index (χ3v) is 5.59. The van der Waals surface area contributed by atoms with Crippen LogP contribution >= 0.6 is 11.3 Å². The summed E-state index contributed by atoms with van der Waals surface area (Å²) >= 11 is 1.42. The molecule has 0 aliphatic heterocycles. The van der Waals surface area contributed by atoms with Gasteiger partial charge in [0.05, 0.1) is 18.5 Å². The van der Waals surface area contributed by atoms with Gasteiger partial charge in [-0.3, -0.25) is 4.79 Å². The Morgan fingerprint density at radius 1 is 1.29 bits per heavy atom. The van der Waals surface area contributed by atoms with Crippen molar-refractivity contribution in [1.29, 1.82) is 0 Å². The van der Waals surface area contributed by atoms with Gasteiger partial charge in [-0.05, 0) is 25.2 Å². The third kappa shape index (κ3) is 3.13. The molecule has 10 heteroatoms. The summed E-state index contributed by atoms with van der Waals surface area (Å²) in [6.07, 6.45) is 1.31. The summed E-state index contributed by atoms with van der Waals surface area (Å²) < 4.78 is 1.68. The molecule has 0 aromatic carbocycles. The summed E-state index contributed by atoms with van der Waals surface area (Å²) in [6.45, 7) is 1.42. The van der Waals surface area contributed by atoms with Gasteiger partial charge in [0.2, 0.25) is 5.82 Å². The van der Waals surface area contributed by atoms with E-state index in [1.165, 1.54) is 18.3 Å². The van der Waals surface area contributed by atoms with Gasteiger partial charge in [0.25, 0.3) is 0 Å². The second-order valence-corrected chi connectivity index (χ2v) is 7.45. The van der Waals surface area contributed by atoms with E-state index in [2.05, 4.69) is 37.1 Å². The van der Waals surface area contributed by atoms with Gasteiger partial charge in [-0.2, -0.15) is 0 Å². The van der Waals surface area contributed by atoms with Gasteiger partial charge in [-0.15, -0.1) is 11.3 Å². The molecule has 3 aromatic heterocycles. The highest BCUT2D eigenvalue weighted by Crippen LogP contribution is 2.37. The number of carbonyl (C=O) groups excluding carboxylic acids is 1. The fourth-order valence-electron chi connectivity index (χ4n) is 3.47. The molecule has 9 nitrogen and oxygen atoms in total. The van der Waals surface area contributed by atoms with Crippen LogP contribution in [0.15, 0.2) is 17.9 Å². The maximum Gasteiger partial charge on any atom is 0.209 e. The summed E-state index contributed by atoms with van der Waals surface area (Å²) in [5, 5.41) is 26.2. The van der Waals surface area contributed by atoms with Crippen LogP contribution in [0.5, 0.6) is 0 Å². The topological polar surface area (TPSA) is 126 Å². The summed E-state index contributed by atoms with van der Waals surface area (Å²) in [7, 11) is 1.72. The van der Waals surface area contributed by atoms with E-state index in [1.807, 2.05) is 5.38 Å². The molecule has 0 radical (unpaired) electrons. The molecule has 1 saturated carbocycles. The summed E-state index contributed by atoms with van der Waals surface area (Å²) in [6, 6.07) is -0.520. The van der Waals surface area contributed by atoms with Crippen molar-refractivity contribution in [2.24, 2.45) is 5.92 Å². The Morgan fingerprint density at radius 2 is 2.11 bits per heavy atom. The van der Waals surface area contributed by atoms with E-state index in [0.717, 1.165) is 0 Å². The van der Waals surface area contributed by atoms with Crippen molar-refractivity contribution in [3.05, 3.63) is 28.7 Å². The van der Waals surface area contributed by atoms with Gasteiger partial charge in [0.15, 0.2) is 22.0 Å². The molecule has 0 amide bonds. The minimum absolute atomic E-state index is 0.154. The molecule has 3 aromatic rings. The Hall–Kier alpha value is -2.87. The first kappa shape index (κ1) is 18.5. The molecule has 1 unspecified atom stereocenters. The number of aromatic nitrogens is 5. The Bertz CT molecular complexity index is 1080. The van der Waals surface area contributed by atoms with Crippen molar-refractivity contribution >= 4 is 34.1 Å². The molecular weight excluding hydrogens is 380 g/mol. The van der Waals surface area contributed by atoms with Crippen LogP contribution in [0.3, 0.4) is 0 Å². The van der Waals surface area contributed by atoms with E-state index in [4.69, 9.17) is 0 Å². The van der Waals surface area contributed by atoms with Crippen LogP contribution in [0.2, 0.25) is 0 Å². The van der Waals surface area contributed by atoms with E-state index in [-0.39, 0.29) is 11.6 Å². The Kier molecular flexibility index (Phi) is 4.80. The molecule has 3 N–H and O–H groups in total. The van der Waals surface area contributed by atoms with E-state index in [1.54, 1.807) is 24.1 Å². The molecule has 0 saturated heterocycles. The highest BCUT2D eigenvalue weighted by atomic mass is 32.1. The number of aliphatic hydroxyl groups is 2. The second kappa shape index (κ2) is 7.27. The number of anilines is 1. The number of aliphatic hydroxyl groups excluding tert-OH is 2. The number of nitrogens with zero attached hydrogens (tertiary/aromatic N) is 5. The lowest BCUT2D eigenvalue weighted by Gasteiger charge is -2.18. The molecule has 0 spiro atoms. The van der Waals surface area contributed by atoms with Gasteiger partial charge in [0, 0.05) is 24.5 Å². The first-order chi connectivity index (χ1) is 13.5. The van der Waals surface area contributed by atoms with Crippen molar-refractivity contribution in [2.45, 2.75) is 31.6 Å². The molecule has 3 heterocycles. The maximum atomic E-state index is 11.8. The van der Waals surface area contributed by atoms with Gasteiger partial charge in [-0.25, -0.2) is 19.9 Å². The molecule has 28 heavy (non-hydrogen) atoms. The smallest absolute Gasteiger partial charge is 0.209 e. The molecule has 1 aliphatic rings. The van der Waals surface area contributed by atoms with E-state index < -0.39 is 24.2 Å². The second-order valence-electron chi connectivity index (χ2n) is 6.56. The summed E-state index contributed by atoms with van der Waals surface area (Å²) in [5.74, 6) is 5.83. The highest BCUT2D eigenvalue weighted by Gasteiger charge is 2.45. The van der Waals surface area contributed by atoms with Crippen LogP contribution < -0.4 is 5.32 Å². The van der Waals surface area contributed by atoms with Crippen LogP contribution in [-0.4, -0.2) is 59.8 Å². The lowest BCUT2D eigenvalue weighted by Crippen LogP contribution is -2.31. The SMILES string of the molecule is CNc1nc(C#Cc2nccs2)nc2c1ncn2[C@@H]1C[C@H](C(C)=O)C(O)[C@H]1O. The van der Waals surface area contributed by atoms with Gasteiger partial charge in [-0.1, -0.05) is 0 Å². The minimum atomic E-state index is -1.12. The first-order valence-corrected chi connectivity index (χ1v) is 9.58. The zero-order valence-corrected chi connectivity index (χ0v) is 16.0. The van der Waals surface area contributed by atoms with Crippen molar-refractivity contribution in [3.8, 4) is 11.8 Å². The zero-order chi connectivity index (χ0) is 19.8. The number of carbonyl (C=O) groups is 1. The van der Waals surface area contributed by atoms with E-state index >= 15 is 0 Å². The maximum absolute atomic E-state index is 11.8. The van der Waals surface area contributed by atoms with Gasteiger partial charge >= 0.3 is 0 Å². The van der Waals surface area contributed by atoms with E-state index in [9.17, 15) is 15.0 Å². The number of thiazole rings is 1. The number of hydrogen-bond acceptors (Lipinski definition) is 9. The molecule has 144 valence electrons. The fourth-order valence-corrected chi connectivity index (χ4v) is 3.96. The lowest BCUT2D eigenvalue weighted by atomic mass is 10.0. The predicted molar refractivity (Wildman–Crippen MR) is 103 cm³/mol. The Morgan fingerprint density at radius 3 is 2.75 bits per heavy atom. The van der Waals surface area contributed by atoms with Crippen molar-refractivity contribution < 1.29 is 15.0 Å². The quantitative estimate of drug-likeness (QED) is 0.548. The van der Waals surface area contributed by atoms with Crippen LogP contribution in [0, 0.1) is 17.8 Å². The molecular formula is C18H18N6O3S. The highest BCUT2D eigenvalue weighted by molar-refractivity contribution is 7.10. The molecule has 0 bridgehead atoms. The molecule has 1 aliphatic carbocycles. The lowest BCUT2D eigenvalue weighted by molar-refractivity contribution is -0.124. The number of hydrogen-bond donors (Lipinski definition) is 3. The summed E-state index contributed by atoms with van der Waals surface area (Å²) in [4.78, 5) is 29.1.